The highest BCUT2D eigenvalue weighted by atomic mass is 16.5. The second-order valence-corrected chi connectivity index (χ2v) is 3.22. The van der Waals surface area contributed by atoms with E-state index in [0.29, 0.717) is 0 Å². The third-order valence-corrected chi connectivity index (χ3v) is 2.15. The highest BCUT2D eigenvalue weighted by Crippen LogP contribution is 2.14. The van der Waals surface area contributed by atoms with Gasteiger partial charge in [-0.3, -0.25) is 0 Å². The van der Waals surface area contributed by atoms with Crippen LogP contribution in [0, 0.1) is 0 Å². The molecule has 0 aromatic heterocycles. The molecule has 0 spiro atoms. The van der Waals surface area contributed by atoms with E-state index < -0.39 is 0 Å². The standard InChI is InChI=1S/C12H17NO/c1-4-10(2)9-13-11-5-7-12(14-3)8-6-11/h4-8,13H,9H2,1-3H3/b10-4+. The zero-order chi connectivity index (χ0) is 10.4. The smallest absolute Gasteiger partial charge is 0.119 e. The SMILES string of the molecule is C/C=C(\C)CNc1ccc(OC)cc1. The van der Waals surface area contributed by atoms with Crippen LogP contribution in [-0.4, -0.2) is 13.7 Å². The van der Waals surface area contributed by atoms with Gasteiger partial charge >= 0.3 is 0 Å². The first-order valence-corrected chi connectivity index (χ1v) is 4.76. The van der Waals surface area contributed by atoms with Crippen LogP contribution in [0.25, 0.3) is 0 Å². The number of benzene rings is 1. The first kappa shape index (κ1) is 10.6. The Morgan fingerprint density at radius 2 is 2.00 bits per heavy atom. The van der Waals surface area contributed by atoms with Gasteiger partial charge in [0.05, 0.1) is 7.11 Å². The Morgan fingerprint density at radius 3 is 2.50 bits per heavy atom. The summed E-state index contributed by atoms with van der Waals surface area (Å²) in [5.41, 5.74) is 2.45. The van der Waals surface area contributed by atoms with Crippen LogP contribution in [0.1, 0.15) is 13.8 Å². The summed E-state index contributed by atoms with van der Waals surface area (Å²) in [4.78, 5) is 0. The fourth-order valence-electron chi connectivity index (χ4n) is 1.05. The van der Waals surface area contributed by atoms with Crippen molar-refractivity contribution >= 4 is 5.69 Å². The van der Waals surface area contributed by atoms with Crippen molar-refractivity contribution in [2.75, 3.05) is 19.0 Å². The van der Waals surface area contributed by atoms with E-state index in [2.05, 4.69) is 18.3 Å². The molecule has 0 atom stereocenters. The molecule has 2 nitrogen and oxygen atoms in total. The van der Waals surface area contributed by atoms with Crippen molar-refractivity contribution in [1.29, 1.82) is 0 Å². The molecule has 1 N–H and O–H groups in total. The van der Waals surface area contributed by atoms with Gasteiger partial charge in [-0.15, -0.1) is 0 Å². The van der Waals surface area contributed by atoms with Crippen molar-refractivity contribution in [3.8, 4) is 5.75 Å². The summed E-state index contributed by atoms with van der Waals surface area (Å²) < 4.78 is 5.08. The summed E-state index contributed by atoms with van der Waals surface area (Å²) in [5, 5.41) is 3.32. The number of anilines is 1. The van der Waals surface area contributed by atoms with E-state index in [9.17, 15) is 0 Å². The molecular formula is C12H17NO. The van der Waals surface area contributed by atoms with E-state index in [1.54, 1.807) is 7.11 Å². The van der Waals surface area contributed by atoms with Gasteiger partial charge in [-0.1, -0.05) is 11.6 Å². The van der Waals surface area contributed by atoms with Crippen molar-refractivity contribution in [2.45, 2.75) is 13.8 Å². The summed E-state index contributed by atoms with van der Waals surface area (Å²) >= 11 is 0. The maximum atomic E-state index is 5.08. The zero-order valence-corrected chi connectivity index (χ0v) is 9.00. The van der Waals surface area contributed by atoms with Crippen molar-refractivity contribution < 1.29 is 4.74 Å². The highest BCUT2D eigenvalue weighted by molar-refractivity contribution is 5.47. The van der Waals surface area contributed by atoms with Gasteiger partial charge in [0.25, 0.3) is 0 Å². The van der Waals surface area contributed by atoms with Crippen LogP contribution in [0.5, 0.6) is 5.75 Å². The molecule has 1 aromatic rings. The highest BCUT2D eigenvalue weighted by Gasteiger charge is 1.93. The normalized spacial score (nSPS) is 11.2. The van der Waals surface area contributed by atoms with Crippen LogP contribution >= 0.6 is 0 Å². The third kappa shape index (κ3) is 3.13. The molecule has 2 heteroatoms. The number of hydrogen-bond acceptors (Lipinski definition) is 2. The van der Waals surface area contributed by atoms with Crippen molar-refractivity contribution in [3.05, 3.63) is 35.9 Å². The lowest BCUT2D eigenvalue weighted by Crippen LogP contribution is -2.02. The van der Waals surface area contributed by atoms with Crippen LogP contribution < -0.4 is 10.1 Å². The Morgan fingerprint density at radius 1 is 1.36 bits per heavy atom. The molecule has 76 valence electrons. The molecule has 0 saturated carbocycles. The maximum absolute atomic E-state index is 5.08. The molecule has 0 aliphatic carbocycles. The lowest BCUT2D eigenvalue weighted by molar-refractivity contribution is 0.415. The monoisotopic (exact) mass is 191 g/mol. The number of allylic oxidation sites excluding steroid dienone is 1. The predicted molar refractivity (Wildman–Crippen MR) is 60.9 cm³/mol. The summed E-state index contributed by atoms with van der Waals surface area (Å²) in [6, 6.07) is 7.93. The van der Waals surface area contributed by atoms with E-state index >= 15 is 0 Å². The number of methoxy groups -OCH3 is 1. The quantitative estimate of drug-likeness (QED) is 0.738. The zero-order valence-electron chi connectivity index (χ0n) is 9.00. The van der Waals surface area contributed by atoms with Crippen molar-refractivity contribution in [3.63, 3.8) is 0 Å². The Bertz CT molecular complexity index is 301. The van der Waals surface area contributed by atoms with E-state index in [-0.39, 0.29) is 0 Å². The lowest BCUT2D eigenvalue weighted by Gasteiger charge is -2.07. The summed E-state index contributed by atoms with van der Waals surface area (Å²) in [6.45, 7) is 5.05. The molecule has 0 aliphatic rings. The maximum Gasteiger partial charge on any atom is 0.119 e. The number of hydrogen-bond donors (Lipinski definition) is 1. The first-order chi connectivity index (χ1) is 6.76. The van der Waals surface area contributed by atoms with Crippen molar-refractivity contribution in [1.82, 2.24) is 0 Å². The Kier molecular flexibility index (Phi) is 4.05. The minimum atomic E-state index is 0.887. The second kappa shape index (κ2) is 5.32. The molecular weight excluding hydrogens is 174 g/mol. The predicted octanol–water partition coefficient (Wildman–Crippen LogP) is 3.07. The largest absolute Gasteiger partial charge is 0.497 e. The second-order valence-electron chi connectivity index (χ2n) is 3.22. The summed E-state index contributed by atoms with van der Waals surface area (Å²) in [7, 11) is 1.67. The van der Waals surface area contributed by atoms with Gasteiger partial charge in [0.1, 0.15) is 5.75 Å². The lowest BCUT2D eigenvalue weighted by atomic mass is 10.2. The average Bonchev–Trinajstić information content (AvgIpc) is 2.26. The molecule has 14 heavy (non-hydrogen) atoms. The molecule has 0 amide bonds. The van der Waals surface area contributed by atoms with Crippen LogP contribution in [0.2, 0.25) is 0 Å². The summed E-state index contributed by atoms with van der Waals surface area (Å²) in [5.74, 6) is 0.887. The Hall–Kier alpha value is -1.44. The van der Waals surface area contributed by atoms with Gasteiger partial charge in [0.15, 0.2) is 0 Å². The van der Waals surface area contributed by atoms with Gasteiger partial charge in [-0.25, -0.2) is 0 Å². The minimum absolute atomic E-state index is 0.887. The molecule has 0 bridgehead atoms. The van der Waals surface area contributed by atoms with Crippen LogP contribution in [-0.2, 0) is 0 Å². The fraction of sp³-hybridized carbons (Fsp3) is 0.333. The van der Waals surface area contributed by atoms with Crippen LogP contribution in [0.3, 0.4) is 0 Å². The van der Waals surface area contributed by atoms with Gasteiger partial charge in [0.2, 0.25) is 0 Å². The van der Waals surface area contributed by atoms with Gasteiger partial charge in [-0.05, 0) is 38.1 Å². The minimum Gasteiger partial charge on any atom is -0.497 e. The number of rotatable bonds is 4. The molecule has 0 saturated heterocycles. The third-order valence-electron chi connectivity index (χ3n) is 2.15. The number of nitrogens with one attached hydrogen (secondary N) is 1. The van der Waals surface area contributed by atoms with Crippen LogP contribution in [0.4, 0.5) is 5.69 Å². The van der Waals surface area contributed by atoms with Crippen LogP contribution in [0.15, 0.2) is 35.9 Å². The van der Waals surface area contributed by atoms with Gasteiger partial charge in [0, 0.05) is 12.2 Å². The van der Waals surface area contributed by atoms with Gasteiger partial charge in [-0.2, -0.15) is 0 Å². The topological polar surface area (TPSA) is 21.3 Å². The fourth-order valence-corrected chi connectivity index (χ4v) is 1.05. The molecule has 1 aromatic carbocycles. The van der Waals surface area contributed by atoms with Crippen molar-refractivity contribution in [2.24, 2.45) is 0 Å². The molecule has 0 unspecified atom stereocenters. The molecule has 0 heterocycles. The Balaban J connectivity index is 2.52. The van der Waals surface area contributed by atoms with E-state index in [1.165, 1.54) is 5.57 Å². The Labute approximate surface area is 85.6 Å². The van der Waals surface area contributed by atoms with E-state index in [1.807, 2.05) is 31.2 Å². The molecule has 1 rings (SSSR count). The van der Waals surface area contributed by atoms with E-state index in [0.717, 1.165) is 18.0 Å². The van der Waals surface area contributed by atoms with E-state index in [4.69, 9.17) is 4.74 Å². The first-order valence-electron chi connectivity index (χ1n) is 4.76. The molecule has 0 fully saturated rings. The number of ether oxygens (including phenoxy) is 1. The molecule has 0 aliphatic heterocycles. The molecule has 0 radical (unpaired) electrons. The summed E-state index contributed by atoms with van der Waals surface area (Å²) in [6.07, 6.45) is 2.11. The average molecular weight is 191 g/mol. The van der Waals surface area contributed by atoms with Gasteiger partial charge < -0.3 is 10.1 Å².